The Kier molecular flexibility index (Phi) is 5.75. The molecule has 0 saturated carbocycles. The summed E-state index contributed by atoms with van der Waals surface area (Å²) in [5.41, 5.74) is 0. The Morgan fingerprint density at radius 3 is 2.33 bits per heavy atom. The lowest BCUT2D eigenvalue weighted by Gasteiger charge is -2.41. The highest BCUT2D eigenvalue weighted by atomic mass is 32.4. The molecule has 1 saturated heterocycles. The summed E-state index contributed by atoms with van der Waals surface area (Å²) in [7, 11) is 4.45. The van der Waals surface area contributed by atoms with E-state index in [0.29, 0.717) is 0 Å². The number of rotatable bonds is 3. The zero-order chi connectivity index (χ0) is 11.6. The predicted octanol–water partition coefficient (Wildman–Crippen LogP) is -0.952. The van der Waals surface area contributed by atoms with Gasteiger partial charge >= 0.3 is 0 Å². The molecule has 6 nitrogen and oxygen atoms in total. The molecule has 0 aromatic heterocycles. The molecule has 90 valence electrons. The molecule has 0 aromatic carbocycles. The first-order chi connectivity index (χ1) is 6.97. The van der Waals surface area contributed by atoms with E-state index in [4.69, 9.17) is 14.4 Å². The van der Waals surface area contributed by atoms with Crippen molar-refractivity contribution in [2.75, 3.05) is 6.61 Å². The SMILES string of the molecule is OCC1OC(OP([PH-])P)C(O)[C@@H](O)[C@@H]1O. The van der Waals surface area contributed by atoms with Gasteiger partial charge in [0, 0.05) is 0 Å². The molecule has 0 aliphatic carbocycles. The van der Waals surface area contributed by atoms with Gasteiger partial charge in [0.05, 0.1) is 6.61 Å². The Bertz CT molecular complexity index is 203. The molecule has 0 radical (unpaired) electrons. The van der Waals surface area contributed by atoms with Crippen molar-refractivity contribution in [1.29, 1.82) is 0 Å². The Morgan fingerprint density at radius 1 is 1.27 bits per heavy atom. The summed E-state index contributed by atoms with van der Waals surface area (Å²) in [6, 6.07) is 0. The maximum atomic E-state index is 9.51. The van der Waals surface area contributed by atoms with Crippen LogP contribution in [0.25, 0.3) is 0 Å². The topological polar surface area (TPSA) is 99.4 Å². The molecule has 0 spiro atoms. The molecule has 1 fully saturated rings. The summed E-state index contributed by atoms with van der Waals surface area (Å²) in [5.74, 6) is 0. The Labute approximate surface area is 93.0 Å². The van der Waals surface area contributed by atoms with Crippen LogP contribution in [-0.2, 0) is 9.26 Å². The largest absolute Gasteiger partial charge is 0.492 e. The first kappa shape index (κ1) is 14.1. The minimum absolute atomic E-state index is 0.457. The lowest BCUT2D eigenvalue weighted by molar-refractivity contribution is -0.275. The summed E-state index contributed by atoms with van der Waals surface area (Å²) in [4.78, 5) is 0. The summed E-state index contributed by atoms with van der Waals surface area (Å²) >= 11 is 0. The van der Waals surface area contributed by atoms with Crippen molar-refractivity contribution in [1.82, 2.24) is 0 Å². The van der Waals surface area contributed by atoms with E-state index in [1.54, 1.807) is 0 Å². The first-order valence-corrected chi connectivity index (χ1v) is 8.42. The van der Waals surface area contributed by atoms with Gasteiger partial charge in [0.1, 0.15) is 24.4 Å². The van der Waals surface area contributed by atoms with Crippen LogP contribution in [0.1, 0.15) is 0 Å². The van der Waals surface area contributed by atoms with Crippen molar-refractivity contribution >= 4 is 25.4 Å². The van der Waals surface area contributed by atoms with Gasteiger partial charge < -0.3 is 38.6 Å². The van der Waals surface area contributed by atoms with Crippen LogP contribution in [0.2, 0.25) is 0 Å². The van der Waals surface area contributed by atoms with E-state index >= 15 is 0 Å². The summed E-state index contributed by atoms with van der Waals surface area (Å²) in [6.07, 6.45) is -6.09. The number of aliphatic hydroxyl groups is 4. The lowest BCUT2D eigenvalue weighted by Crippen LogP contribution is -2.58. The molecule has 1 heterocycles. The Balaban J connectivity index is 2.65. The predicted molar refractivity (Wildman–Crippen MR) is 59.8 cm³/mol. The van der Waals surface area contributed by atoms with Crippen LogP contribution in [0, 0.1) is 0 Å². The van der Waals surface area contributed by atoms with Crippen LogP contribution >= 0.6 is 25.4 Å². The molecule has 0 bridgehead atoms. The van der Waals surface area contributed by atoms with Crippen LogP contribution in [0.15, 0.2) is 0 Å². The molecule has 7 atom stereocenters. The molecule has 4 N–H and O–H groups in total. The van der Waals surface area contributed by atoms with Crippen LogP contribution in [0.3, 0.4) is 0 Å². The third kappa shape index (κ3) is 3.50. The van der Waals surface area contributed by atoms with Gasteiger partial charge in [0.15, 0.2) is 6.29 Å². The molecular formula is C6H14O6P3-. The molecule has 15 heavy (non-hydrogen) atoms. The number of hydrogen-bond acceptors (Lipinski definition) is 6. The monoisotopic (exact) mass is 275 g/mol. The van der Waals surface area contributed by atoms with E-state index in [2.05, 4.69) is 17.9 Å². The normalized spacial score (nSPS) is 44.0. The molecular weight excluding hydrogens is 261 g/mol. The molecule has 0 aromatic rings. The standard InChI is InChI=1S/C6H14O6P3/c7-1-2-3(8)4(9)5(10)6(11-2)12-15(13)14/h2-10,13H,1,14H2/q-1/t2?,3-,4+,5?,6?,15?/m1/s1. The summed E-state index contributed by atoms with van der Waals surface area (Å²) < 4.78 is 10.2. The van der Waals surface area contributed by atoms with Crippen molar-refractivity contribution < 1.29 is 29.7 Å². The van der Waals surface area contributed by atoms with Crippen LogP contribution in [0.4, 0.5) is 0 Å². The molecule has 1 rings (SSSR count). The van der Waals surface area contributed by atoms with Crippen LogP contribution < -0.4 is 0 Å². The third-order valence-electron chi connectivity index (χ3n) is 2.07. The van der Waals surface area contributed by atoms with Crippen molar-refractivity contribution in [3.63, 3.8) is 0 Å². The van der Waals surface area contributed by atoms with Crippen LogP contribution in [0.5, 0.6) is 0 Å². The maximum Gasteiger partial charge on any atom is 0.187 e. The van der Waals surface area contributed by atoms with Gasteiger partial charge in [-0.2, -0.15) is 0 Å². The van der Waals surface area contributed by atoms with Crippen molar-refractivity contribution in [2.45, 2.75) is 30.7 Å². The Morgan fingerprint density at radius 2 is 1.87 bits per heavy atom. The second-order valence-corrected chi connectivity index (χ2v) is 8.27. The van der Waals surface area contributed by atoms with Gasteiger partial charge in [-0.25, -0.2) is 0 Å². The maximum absolute atomic E-state index is 9.51. The van der Waals surface area contributed by atoms with Gasteiger partial charge in [-0.1, -0.05) is 0 Å². The molecule has 1 aliphatic heterocycles. The molecule has 9 heteroatoms. The van der Waals surface area contributed by atoms with Gasteiger partial charge in [-0.3, -0.25) is 0 Å². The smallest absolute Gasteiger partial charge is 0.187 e. The zero-order valence-electron chi connectivity index (χ0n) is 7.72. The average molecular weight is 275 g/mol. The highest BCUT2D eigenvalue weighted by Gasteiger charge is 2.43. The second kappa shape index (κ2) is 6.11. The highest BCUT2D eigenvalue weighted by molar-refractivity contribution is 8.41. The van der Waals surface area contributed by atoms with E-state index in [9.17, 15) is 15.3 Å². The number of aliphatic hydroxyl groups excluding tert-OH is 4. The van der Waals surface area contributed by atoms with Crippen LogP contribution in [-0.4, -0.2) is 57.7 Å². The highest BCUT2D eigenvalue weighted by Crippen LogP contribution is 2.55. The van der Waals surface area contributed by atoms with Crippen molar-refractivity contribution in [2.24, 2.45) is 0 Å². The van der Waals surface area contributed by atoms with Gasteiger partial charge in [-0.15, -0.1) is 16.5 Å². The quantitative estimate of drug-likeness (QED) is 0.495. The van der Waals surface area contributed by atoms with Crippen molar-refractivity contribution in [3.8, 4) is 0 Å². The fourth-order valence-corrected chi connectivity index (χ4v) is 2.34. The van der Waals surface area contributed by atoms with E-state index in [1.165, 1.54) is 0 Å². The molecule has 1 aliphatic rings. The molecule has 5 unspecified atom stereocenters. The van der Waals surface area contributed by atoms with Gasteiger partial charge in [0.25, 0.3) is 0 Å². The zero-order valence-corrected chi connectivity index (χ0v) is 10.8. The number of ether oxygens (including phenoxy) is 1. The minimum atomic E-state index is -1.40. The fraction of sp³-hybridized carbons (Fsp3) is 1.00. The van der Waals surface area contributed by atoms with E-state index in [0.717, 1.165) is 0 Å². The minimum Gasteiger partial charge on any atom is -0.492 e. The Hall–Kier alpha value is 1.05. The summed E-state index contributed by atoms with van der Waals surface area (Å²) in [6.45, 7) is -0.457. The van der Waals surface area contributed by atoms with E-state index in [1.807, 2.05) is 0 Å². The average Bonchev–Trinajstić information content (AvgIpc) is 2.18. The summed E-state index contributed by atoms with van der Waals surface area (Å²) in [5, 5.41) is 37.2. The number of hydrogen-bond donors (Lipinski definition) is 4. The lowest BCUT2D eigenvalue weighted by atomic mass is 10.00. The first-order valence-electron chi connectivity index (χ1n) is 4.20. The van der Waals surface area contributed by atoms with Gasteiger partial charge in [0.2, 0.25) is 0 Å². The third-order valence-corrected chi connectivity index (χ3v) is 3.18. The van der Waals surface area contributed by atoms with Crippen molar-refractivity contribution in [3.05, 3.63) is 0 Å². The van der Waals surface area contributed by atoms with Gasteiger partial charge in [-0.05, 0) is 0 Å². The second-order valence-electron chi connectivity index (χ2n) is 3.13. The van der Waals surface area contributed by atoms with E-state index < -0.39 is 44.8 Å². The fourth-order valence-electron chi connectivity index (χ4n) is 1.27. The molecule has 0 amide bonds. The van der Waals surface area contributed by atoms with E-state index in [-0.39, 0.29) is 0 Å².